The molecule has 3 nitrogen and oxygen atoms in total. The maximum atomic E-state index is 6.14. The van der Waals surface area contributed by atoms with Crippen LogP contribution in [-0.4, -0.2) is 19.4 Å². The van der Waals surface area contributed by atoms with Gasteiger partial charge in [-0.15, -0.1) is 0 Å². The highest BCUT2D eigenvalue weighted by Gasteiger charge is 2.25. The molecular formula is C20H25NO2. The Kier molecular flexibility index (Phi) is 6.21. The maximum Gasteiger partial charge on any atom is 0.161 e. The van der Waals surface area contributed by atoms with E-state index in [1.165, 1.54) is 11.1 Å². The van der Waals surface area contributed by atoms with E-state index in [2.05, 4.69) is 29.6 Å². The molecule has 3 heteroatoms. The molecule has 122 valence electrons. The molecule has 0 atom stereocenters. The highest BCUT2D eigenvalue weighted by molar-refractivity contribution is 5.14. The number of piperidine rings is 1. The minimum Gasteiger partial charge on any atom is -0.348 e. The molecule has 1 aliphatic rings. The molecule has 1 aliphatic heterocycles. The molecule has 2 aromatic carbocycles. The first-order valence-electron chi connectivity index (χ1n) is 8.43. The average molecular weight is 311 g/mol. The van der Waals surface area contributed by atoms with Crippen molar-refractivity contribution in [3.63, 3.8) is 0 Å². The second-order valence-electron chi connectivity index (χ2n) is 6.05. The van der Waals surface area contributed by atoms with Gasteiger partial charge in [-0.1, -0.05) is 60.7 Å². The van der Waals surface area contributed by atoms with Crippen molar-refractivity contribution >= 4 is 0 Å². The fourth-order valence-corrected chi connectivity index (χ4v) is 2.94. The topological polar surface area (TPSA) is 30.5 Å². The van der Waals surface area contributed by atoms with Crippen LogP contribution in [0.4, 0.5) is 0 Å². The molecule has 1 heterocycles. The summed E-state index contributed by atoms with van der Waals surface area (Å²) >= 11 is 0. The van der Waals surface area contributed by atoms with Crippen molar-refractivity contribution in [3.05, 3.63) is 71.8 Å². The number of hydrogen-bond donors (Lipinski definition) is 1. The second kappa shape index (κ2) is 8.82. The minimum absolute atomic E-state index is 0.141. The van der Waals surface area contributed by atoms with Crippen molar-refractivity contribution in [3.8, 4) is 0 Å². The van der Waals surface area contributed by atoms with E-state index in [9.17, 15) is 0 Å². The van der Waals surface area contributed by atoms with Gasteiger partial charge in [-0.2, -0.15) is 0 Å². The van der Waals surface area contributed by atoms with Crippen molar-refractivity contribution in [1.82, 2.24) is 5.32 Å². The monoisotopic (exact) mass is 311 g/mol. The molecule has 23 heavy (non-hydrogen) atoms. The van der Waals surface area contributed by atoms with Crippen LogP contribution in [0.1, 0.15) is 24.0 Å². The summed E-state index contributed by atoms with van der Waals surface area (Å²) in [4.78, 5) is 0. The number of nitrogens with one attached hydrogen (secondary N) is 1. The summed E-state index contributed by atoms with van der Waals surface area (Å²) in [5.74, 6) is 0.462. The first kappa shape index (κ1) is 16.2. The second-order valence-corrected chi connectivity index (χ2v) is 6.05. The van der Waals surface area contributed by atoms with Crippen LogP contribution >= 0.6 is 0 Å². The lowest BCUT2D eigenvalue weighted by Gasteiger charge is -2.30. The number of ether oxygens (including phenoxy) is 2. The molecule has 0 aromatic heterocycles. The molecule has 0 amide bonds. The minimum atomic E-state index is -0.141. The van der Waals surface area contributed by atoms with Crippen LogP contribution < -0.4 is 5.32 Å². The molecule has 0 bridgehead atoms. The highest BCUT2D eigenvalue weighted by atomic mass is 16.7. The van der Waals surface area contributed by atoms with E-state index in [-0.39, 0.29) is 6.29 Å². The van der Waals surface area contributed by atoms with Crippen molar-refractivity contribution in [1.29, 1.82) is 0 Å². The summed E-state index contributed by atoms with van der Waals surface area (Å²) in [6.07, 6.45) is 2.07. The number of benzene rings is 2. The predicted octanol–water partition coefficient (Wildman–Crippen LogP) is 3.75. The van der Waals surface area contributed by atoms with E-state index >= 15 is 0 Å². The first-order chi connectivity index (χ1) is 11.4. The van der Waals surface area contributed by atoms with E-state index in [1.54, 1.807) is 0 Å². The lowest BCUT2D eigenvalue weighted by Crippen LogP contribution is -2.36. The average Bonchev–Trinajstić information content (AvgIpc) is 2.64. The summed E-state index contributed by atoms with van der Waals surface area (Å²) in [5.41, 5.74) is 2.38. The molecule has 1 N–H and O–H groups in total. The maximum absolute atomic E-state index is 6.14. The van der Waals surface area contributed by atoms with Gasteiger partial charge >= 0.3 is 0 Å². The first-order valence-corrected chi connectivity index (χ1v) is 8.43. The van der Waals surface area contributed by atoms with Crippen LogP contribution in [0.2, 0.25) is 0 Å². The Bertz CT molecular complexity index is 509. The van der Waals surface area contributed by atoms with Crippen molar-refractivity contribution in [2.45, 2.75) is 32.3 Å². The summed E-state index contributed by atoms with van der Waals surface area (Å²) in [7, 11) is 0. The SMILES string of the molecule is c1ccc(COC(OCc2ccccc2)C2CCNCC2)cc1. The molecule has 3 rings (SSSR count). The van der Waals surface area contributed by atoms with Gasteiger partial charge in [0.25, 0.3) is 0 Å². The lowest BCUT2D eigenvalue weighted by molar-refractivity contribution is -0.189. The van der Waals surface area contributed by atoms with Gasteiger partial charge in [-0.05, 0) is 37.1 Å². The summed E-state index contributed by atoms with van der Waals surface area (Å²) in [5, 5.41) is 3.41. The van der Waals surface area contributed by atoms with Gasteiger partial charge < -0.3 is 14.8 Å². The van der Waals surface area contributed by atoms with Gasteiger partial charge in [0.2, 0.25) is 0 Å². The van der Waals surface area contributed by atoms with E-state index in [0.29, 0.717) is 19.1 Å². The van der Waals surface area contributed by atoms with E-state index in [0.717, 1.165) is 25.9 Å². The van der Waals surface area contributed by atoms with Gasteiger partial charge in [0.05, 0.1) is 13.2 Å². The van der Waals surface area contributed by atoms with E-state index in [4.69, 9.17) is 9.47 Å². The zero-order valence-electron chi connectivity index (χ0n) is 13.5. The summed E-state index contributed by atoms with van der Waals surface area (Å²) in [6, 6.07) is 20.6. The Morgan fingerprint density at radius 2 is 1.26 bits per heavy atom. The van der Waals surface area contributed by atoms with Crippen LogP contribution in [0.15, 0.2) is 60.7 Å². The normalized spacial score (nSPS) is 15.9. The third-order valence-corrected chi connectivity index (χ3v) is 4.28. The van der Waals surface area contributed by atoms with Gasteiger partial charge in [-0.25, -0.2) is 0 Å². The third kappa shape index (κ3) is 5.17. The molecule has 1 fully saturated rings. The Morgan fingerprint density at radius 1 is 0.783 bits per heavy atom. The van der Waals surface area contributed by atoms with Crippen molar-refractivity contribution < 1.29 is 9.47 Å². The van der Waals surface area contributed by atoms with Gasteiger partial charge in [0.1, 0.15) is 0 Å². The van der Waals surface area contributed by atoms with Crippen LogP contribution in [0.25, 0.3) is 0 Å². The molecule has 0 saturated carbocycles. The molecule has 1 saturated heterocycles. The largest absolute Gasteiger partial charge is 0.348 e. The molecule has 0 unspecified atom stereocenters. The Balaban J connectivity index is 1.58. The molecule has 2 aromatic rings. The fourth-order valence-electron chi connectivity index (χ4n) is 2.94. The Morgan fingerprint density at radius 3 is 1.74 bits per heavy atom. The standard InChI is InChI=1S/C20H25NO2/c1-3-7-17(8-4-1)15-22-20(19-11-13-21-14-12-19)23-16-18-9-5-2-6-10-18/h1-10,19-21H,11-16H2. The fraction of sp³-hybridized carbons (Fsp3) is 0.400. The Hall–Kier alpha value is -1.68. The van der Waals surface area contributed by atoms with Crippen molar-refractivity contribution in [2.75, 3.05) is 13.1 Å². The highest BCUT2D eigenvalue weighted by Crippen LogP contribution is 2.22. The molecule has 0 spiro atoms. The summed E-state index contributed by atoms with van der Waals surface area (Å²) < 4.78 is 12.3. The lowest BCUT2D eigenvalue weighted by atomic mass is 9.97. The Labute approximate surface area is 138 Å². The zero-order valence-corrected chi connectivity index (χ0v) is 13.5. The zero-order chi connectivity index (χ0) is 15.7. The molecule has 0 radical (unpaired) electrons. The van der Waals surface area contributed by atoms with Crippen LogP contribution in [-0.2, 0) is 22.7 Å². The van der Waals surface area contributed by atoms with Gasteiger partial charge in [0, 0.05) is 5.92 Å². The number of hydrogen-bond acceptors (Lipinski definition) is 3. The third-order valence-electron chi connectivity index (χ3n) is 4.28. The van der Waals surface area contributed by atoms with Crippen LogP contribution in [0.3, 0.4) is 0 Å². The quantitative estimate of drug-likeness (QED) is 0.790. The van der Waals surface area contributed by atoms with E-state index < -0.39 is 0 Å². The molecular weight excluding hydrogens is 286 g/mol. The predicted molar refractivity (Wildman–Crippen MR) is 91.8 cm³/mol. The van der Waals surface area contributed by atoms with E-state index in [1.807, 2.05) is 36.4 Å². The number of rotatable bonds is 7. The van der Waals surface area contributed by atoms with Gasteiger partial charge in [0.15, 0.2) is 6.29 Å². The molecule has 0 aliphatic carbocycles. The summed E-state index contributed by atoms with van der Waals surface area (Å²) in [6.45, 7) is 3.30. The van der Waals surface area contributed by atoms with Crippen molar-refractivity contribution in [2.24, 2.45) is 5.92 Å². The smallest absolute Gasteiger partial charge is 0.161 e. The van der Waals surface area contributed by atoms with Gasteiger partial charge in [-0.3, -0.25) is 0 Å². The van der Waals surface area contributed by atoms with Crippen LogP contribution in [0.5, 0.6) is 0 Å². The van der Waals surface area contributed by atoms with Crippen LogP contribution in [0, 0.1) is 5.92 Å².